The predicted molar refractivity (Wildman–Crippen MR) is 76.0 cm³/mol. The third-order valence-corrected chi connectivity index (χ3v) is 4.26. The number of hydrogen-bond donors (Lipinski definition) is 1. The second-order valence-electron chi connectivity index (χ2n) is 5.37. The van der Waals surface area contributed by atoms with Crippen molar-refractivity contribution < 1.29 is 4.74 Å². The van der Waals surface area contributed by atoms with Crippen molar-refractivity contribution in [2.45, 2.75) is 51.6 Å². The van der Waals surface area contributed by atoms with E-state index in [2.05, 4.69) is 31.3 Å². The number of rotatable bonds is 5. The first-order chi connectivity index (χ1) is 8.74. The summed E-state index contributed by atoms with van der Waals surface area (Å²) in [5, 5.41) is 3.79. The minimum Gasteiger partial charge on any atom is -0.497 e. The molecule has 0 heterocycles. The fourth-order valence-corrected chi connectivity index (χ4v) is 3.05. The Morgan fingerprint density at radius 1 is 1.28 bits per heavy atom. The molecule has 0 saturated heterocycles. The third-order valence-electron chi connectivity index (χ3n) is 4.26. The zero-order valence-corrected chi connectivity index (χ0v) is 11.8. The van der Waals surface area contributed by atoms with Crippen LogP contribution in [-0.2, 0) is 0 Å². The molecule has 2 nitrogen and oxygen atoms in total. The Kier molecular flexibility index (Phi) is 4.65. The van der Waals surface area contributed by atoms with E-state index in [0.717, 1.165) is 11.7 Å². The fourth-order valence-electron chi connectivity index (χ4n) is 3.05. The summed E-state index contributed by atoms with van der Waals surface area (Å²) >= 11 is 0. The highest BCUT2D eigenvalue weighted by Gasteiger charge is 2.26. The lowest BCUT2D eigenvalue weighted by atomic mass is 9.98. The molecule has 1 aromatic rings. The Morgan fingerprint density at radius 2 is 2.00 bits per heavy atom. The molecule has 1 N–H and O–H groups in total. The van der Waals surface area contributed by atoms with Gasteiger partial charge < -0.3 is 10.1 Å². The minimum absolute atomic E-state index is 0.424. The van der Waals surface area contributed by atoms with E-state index in [-0.39, 0.29) is 0 Å². The molecule has 0 spiro atoms. The average Bonchev–Trinajstić information content (AvgIpc) is 2.86. The molecule has 0 amide bonds. The molecule has 0 radical (unpaired) electrons. The van der Waals surface area contributed by atoms with Gasteiger partial charge in [-0.05, 0) is 43.4 Å². The molecule has 3 atom stereocenters. The van der Waals surface area contributed by atoms with Gasteiger partial charge in [-0.3, -0.25) is 0 Å². The van der Waals surface area contributed by atoms with Gasteiger partial charge in [0.25, 0.3) is 0 Å². The summed E-state index contributed by atoms with van der Waals surface area (Å²) in [5.74, 6) is 1.80. The van der Waals surface area contributed by atoms with Crippen LogP contribution < -0.4 is 10.1 Å². The molecule has 0 bridgehead atoms. The molecule has 0 aromatic heterocycles. The van der Waals surface area contributed by atoms with Crippen molar-refractivity contribution in [2.24, 2.45) is 5.92 Å². The van der Waals surface area contributed by atoms with Gasteiger partial charge in [-0.2, -0.15) is 0 Å². The van der Waals surface area contributed by atoms with Crippen LogP contribution in [0.5, 0.6) is 5.75 Å². The lowest BCUT2D eigenvalue weighted by Gasteiger charge is -2.24. The van der Waals surface area contributed by atoms with E-state index in [4.69, 9.17) is 4.74 Å². The van der Waals surface area contributed by atoms with E-state index >= 15 is 0 Å². The van der Waals surface area contributed by atoms with Crippen molar-refractivity contribution in [3.63, 3.8) is 0 Å². The van der Waals surface area contributed by atoms with Crippen molar-refractivity contribution in [1.29, 1.82) is 0 Å². The van der Waals surface area contributed by atoms with Crippen molar-refractivity contribution in [2.75, 3.05) is 7.11 Å². The molecule has 1 saturated carbocycles. The summed E-state index contributed by atoms with van der Waals surface area (Å²) in [6.07, 6.45) is 5.40. The molecule has 2 heteroatoms. The first-order valence-corrected chi connectivity index (χ1v) is 7.14. The molecule has 1 fully saturated rings. The highest BCUT2D eigenvalue weighted by molar-refractivity contribution is 5.28. The van der Waals surface area contributed by atoms with Crippen LogP contribution in [0.1, 0.15) is 51.1 Å². The zero-order chi connectivity index (χ0) is 13.0. The monoisotopic (exact) mass is 247 g/mol. The first kappa shape index (κ1) is 13.4. The largest absolute Gasteiger partial charge is 0.497 e. The summed E-state index contributed by atoms with van der Waals surface area (Å²) in [5.41, 5.74) is 1.34. The number of benzene rings is 1. The van der Waals surface area contributed by atoms with Gasteiger partial charge in [-0.15, -0.1) is 0 Å². The molecule has 1 unspecified atom stereocenters. The molecular formula is C16H25NO. The topological polar surface area (TPSA) is 21.3 Å². The first-order valence-electron chi connectivity index (χ1n) is 7.14. The zero-order valence-electron chi connectivity index (χ0n) is 11.8. The van der Waals surface area contributed by atoms with Gasteiger partial charge in [-0.1, -0.05) is 31.9 Å². The normalized spacial score (nSPS) is 25.1. The van der Waals surface area contributed by atoms with E-state index < -0.39 is 0 Å². The van der Waals surface area contributed by atoms with E-state index in [1.165, 1.54) is 31.2 Å². The summed E-state index contributed by atoms with van der Waals surface area (Å²) < 4.78 is 5.20. The van der Waals surface area contributed by atoms with Crippen molar-refractivity contribution >= 4 is 0 Å². The minimum atomic E-state index is 0.424. The molecule has 1 aliphatic rings. The Labute approximate surface area is 111 Å². The van der Waals surface area contributed by atoms with E-state index in [0.29, 0.717) is 12.1 Å². The van der Waals surface area contributed by atoms with Crippen molar-refractivity contribution in [1.82, 2.24) is 5.32 Å². The Morgan fingerprint density at radius 3 is 2.61 bits per heavy atom. The molecule has 0 aliphatic heterocycles. The maximum atomic E-state index is 5.20. The quantitative estimate of drug-likeness (QED) is 0.851. The predicted octanol–water partition coefficient (Wildman–Crippen LogP) is 3.92. The summed E-state index contributed by atoms with van der Waals surface area (Å²) in [4.78, 5) is 0. The van der Waals surface area contributed by atoms with Gasteiger partial charge in [0.1, 0.15) is 5.75 Å². The van der Waals surface area contributed by atoms with E-state index in [1.807, 2.05) is 12.1 Å². The van der Waals surface area contributed by atoms with Crippen LogP contribution >= 0.6 is 0 Å². The van der Waals surface area contributed by atoms with Gasteiger partial charge in [-0.25, -0.2) is 0 Å². The van der Waals surface area contributed by atoms with Gasteiger partial charge in [0.15, 0.2) is 0 Å². The highest BCUT2D eigenvalue weighted by Crippen LogP contribution is 2.30. The van der Waals surface area contributed by atoms with Gasteiger partial charge in [0, 0.05) is 12.1 Å². The maximum Gasteiger partial charge on any atom is 0.118 e. The Bertz CT molecular complexity index is 360. The van der Waals surface area contributed by atoms with Crippen LogP contribution in [0.25, 0.3) is 0 Å². The summed E-state index contributed by atoms with van der Waals surface area (Å²) in [6, 6.07) is 9.53. The molecule has 18 heavy (non-hydrogen) atoms. The maximum absolute atomic E-state index is 5.20. The number of methoxy groups -OCH3 is 1. The smallest absolute Gasteiger partial charge is 0.118 e. The molecule has 2 rings (SSSR count). The van der Waals surface area contributed by atoms with Crippen molar-refractivity contribution in [3.8, 4) is 5.75 Å². The number of nitrogens with one attached hydrogen (secondary N) is 1. The fraction of sp³-hybridized carbons (Fsp3) is 0.625. The van der Waals surface area contributed by atoms with Crippen LogP contribution in [0.15, 0.2) is 24.3 Å². The number of hydrogen-bond acceptors (Lipinski definition) is 2. The standard InChI is InChI=1S/C16H25NO/c1-4-13-6-5-7-16(13)17-12(2)14-8-10-15(18-3)11-9-14/h8-13,16-17H,4-7H2,1-3H3/t12-,13?,16-/m1/s1. The lowest BCUT2D eigenvalue weighted by molar-refractivity contribution is 0.360. The SMILES string of the molecule is CCC1CCC[C@H]1N[C@H](C)c1ccc(OC)cc1. The van der Waals surface area contributed by atoms with Gasteiger partial charge in [0.2, 0.25) is 0 Å². The number of ether oxygens (including phenoxy) is 1. The Hall–Kier alpha value is -1.02. The molecule has 100 valence electrons. The molecule has 1 aliphatic carbocycles. The van der Waals surface area contributed by atoms with Crippen LogP contribution in [-0.4, -0.2) is 13.2 Å². The van der Waals surface area contributed by atoms with E-state index in [9.17, 15) is 0 Å². The highest BCUT2D eigenvalue weighted by atomic mass is 16.5. The molecular weight excluding hydrogens is 222 g/mol. The van der Waals surface area contributed by atoms with Crippen LogP contribution in [0.2, 0.25) is 0 Å². The van der Waals surface area contributed by atoms with Crippen LogP contribution in [0.4, 0.5) is 0 Å². The average molecular weight is 247 g/mol. The van der Waals surface area contributed by atoms with E-state index in [1.54, 1.807) is 7.11 Å². The van der Waals surface area contributed by atoms with Crippen molar-refractivity contribution in [3.05, 3.63) is 29.8 Å². The van der Waals surface area contributed by atoms with Crippen LogP contribution in [0, 0.1) is 5.92 Å². The summed E-state index contributed by atoms with van der Waals surface area (Å²) in [7, 11) is 1.71. The van der Waals surface area contributed by atoms with Gasteiger partial charge in [0.05, 0.1) is 7.11 Å². The third kappa shape index (κ3) is 3.05. The summed E-state index contributed by atoms with van der Waals surface area (Å²) in [6.45, 7) is 4.57. The van der Waals surface area contributed by atoms with Crippen LogP contribution in [0.3, 0.4) is 0 Å². The molecule has 1 aromatic carbocycles. The lowest BCUT2D eigenvalue weighted by Crippen LogP contribution is -2.34. The second kappa shape index (κ2) is 6.24. The Balaban J connectivity index is 1.95. The second-order valence-corrected chi connectivity index (χ2v) is 5.37. The van der Waals surface area contributed by atoms with Gasteiger partial charge >= 0.3 is 0 Å².